The van der Waals surface area contributed by atoms with Crippen LogP contribution in [0.25, 0.3) is 0 Å². The van der Waals surface area contributed by atoms with Crippen molar-refractivity contribution in [3.05, 3.63) is 23.5 Å². The molecule has 5 nitrogen and oxygen atoms in total. The summed E-state index contributed by atoms with van der Waals surface area (Å²) < 4.78 is 27.0. The van der Waals surface area contributed by atoms with Crippen molar-refractivity contribution in [2.75, 3.05) is 0 Å². The van der Waals surface area contributed by atoms with Crippen LogP contribution in [-0.4, -0.2) is 51.4 Å². The highest BCUT2D eigenvalue weighted by atomic mass is 28.4. The second kappa shape index (κ2) is 12.8. The molecule has 0 spiro atoms. The molecule has 4 aliphatic rings. The Balaban J connectivity index is 1.72. The number of carbonyl (C=O) groups is 1. The minimum absolute atomic E-state index is 0.00900. The van der Waals surface area contributed by atoms with Crippen LogP contribution in [0.4, 0.5) is 0 Å². The van der Waals surface area contributed by atoms with Gasteiger partial charge in [0.05, 0.1) is 18.0 Å². The maximum atomic E-state index is 12.8. The summed E-state index contributed by atoms with van der Waals surface area (Å²) in [5.74, 6) is 3.65. The molecule has 0 heterocycles. The molecular formula is C36H68O5Si4. The SMILES string of the molecule is C[C@H](CCC(=O)O[Si](C)(C)C)[C@H]1CCC2C3C(O[Si](C)(C)C)CC4=CC(O[Si](C)(C)C)=CC[C@]4(C)C3C[C@H](O[Si](C)(C)C)[C@@]21C. The molecule has 0 aliphatic heterocycles. The molecule has 4 aliphatic carbocycles. The summed E-state index contributed by atoms with van der Waals surface area (Å²) >= 11 is 0. The zero-order chi connectivity index (χ0) is 34.0. The van der Waals surface area contributed by atoms with Crippen LogP contribution in [0.1, 0.15) is 65.7 Å². The Morgan fingerprint density at radius 3 is 2.04 bits per heavy atom. The summed E-state index contributed by atoms with van der Waals surface area (Å²) in [7, 11) is -7.22. The predicted molar refractivity (Wildman–Crippen MR) is 198 cm³/mol. The smallest absolute Gasteiger partial charge is 0.292 e. The molecule has 4 unspecified atom stereocenters. The summed E-state index contributed by atoms with van der Waals surface area (Å²) in [5, 5.41) is 0. The first kappa shape index (κ1) is 37.4. The van der Waals surface area contributed by atoms with E-state index in [1.165, 1.54) is 12.8 Å². The molecule has 4 rings (SSSR count). The van der Waals surface area contributed by atoms with Crippen LogP contribution in [0, 0.1) is 40.4 Å². The third-order valence-corrected chi connectivity index (χ3v) is 14.9. The second-order valence-electron chi connectivity index (χ2n) is 19.5. The van der Waals surface area contributed by atoms with E-state index in [-0.39, 0.29) is 29.0 Å². The van der Waals surface area contributed by atoms with Gasteiger partial charge in [-0.05, 0) is 170 Å². The Bertz CT molecular complexity index is 1160. The van der Waals surface area contributed by atoms with Gasteiger partial charge in [-0.1, -0.05) is 26.3 Å². The molecule has 0 bridgehead atoms. The summed E-state index contributed by atoms with van der Waals surface area (Å²) in [6, 6.07) is 0. The standard InChI is InChI=1S/C36H68O5Si4/c1-25(16-19-33(37)41-45(13,14)15)28-17-18-29-34-30(24-32(36(28,29)3)40-44(10,11)12)35(2)21-20-27(38-42(4,5)6)22-26(35)23-31(34)39-43(7,8)9/h20,22,25,28-32,34H,16-19,21,23-24H2,1-15H3/t25-,28-,29?,30?,31?,32+,34?,35+,36-/m1/s1. The Labute approximate surface area is 281 Å². The van der Waals surface area contributed by atoms with E-state index in [1.807, 2.05) is 0 Å². The van der Waals surface area contributed by atoms with Crippen molar-refractivity contribution >= 4 is 39.2 Å². The highest BCUT2D eigenvalue weighted by Crippen LogP contribution is 2.69. The number of fused-ring (bicyclic) bond motifs is 5. The van der Waals surface area contributed by atoms with E-state index in [1.54, 1.807) is 5.57 Å². The molecule has 0 amide bonds. The molecule has 3 saturated carbocycles. The molecule has 0 aromatic carbocycles. The van der Waals surface area contributed by atoms with Gasteiger partial charge >= 0.3 is 0 Å². The van der Waals surface area contributed by atoms with Gasteiger partial charge in [-0.15, -0.1) is 0 Å². The quantitative estimate of drug-likeness (QED) is 0.202. The Morgan fingerprint density at radius 2 is 1.49 bits per heavy atom. The molecule has 0 N–H and O–H groups in total. The van der Waals surface area contributed by atoms with E-state index in [4.69, 9.17) is 17.7 Å². The highest BCUT2D eigenvalue weighted by molar-refractivity contribution is 6.71. The van der Waals surface area contributed by atoms with Gasteiger partial charge in [0.1, 0.15) is 0 Å². The molecule has 0 radical (unpaired) electrons. The number of rotatable bonds is 11. The third-order valence-electron chi connectivity index (χ3n) is 11.3. The summed E-state index contributed by atoms with van der Waals surface area (Å²) in [6.45, 7) is 34.9. The van der Waals surface area contributed by atoms with Crippen molar-refractivity contribution in [2.24, 2.45) is 40.4 Å². The van der Waals surface area contributed by atoms with Crippen LogP contribution >= 0.6 is 0 Å². The van der Waals surface area contributed by atoms with Crippen LogP contribution in [-0.2, 0) is 22.5 Å². The van der Waals surface area contributed by atoms with Crippen molar-refractivity contribution in [1.29, 1.82) is 0 Å². The molecule has 3 fully saturated rings. The normalized spacial score (nSPS) is 36.2. The first-order valence-corrected chi connectivity index (χ1v) is 31.6. The maximum Gasteiger partial charge on any atom is 0.292 e. The average Bonchev–Trinajstić information content (AvgIpc) is 3.18. The molecule has 9 atom stereocenters. The van der Waals surface area contributed by atoms with Gasteiger partial charge in [0.2, 0.25) is 16.6 Å². The Morgan fingerprint density at radius 1 is 0.867 bits per heavy atom. The van der Waals surface area contributed by atoms with Gasteiger partial charge in [0, 0.05) is 6.42 Å². The van der Waals surface area contributed by atoms with Gasteiger partial charge in [-0.3, -0.25) is 4.79 Å². The molecule has 258 valence electrons. The van der Waals surface area contributed by atoms with Gasteiger partial charge in [0.25, 0.3) is 5.97 Å². The zero-order valence-electron chi connectivity index (χ0n) is 31.7. The van der Waals surface area contributed by atoms with Crippen LogP contribution < -0.4 is 0 Å². The third kappa shape index (κ3) is 8.59. The van der Waals surface area contributed by atoms with E-state index in [0.29, 0.717) is 36.0 Å². The molecule has 9 heteroatoms. The van der Waals surface area contributed by atoms with E-state index in [9.17, 15) is 4.79 Å². The van der Waals surface area contributed by atoms with Crippen LogP contribution in [0.2, 0.25) is 78.6 Å². The van der Waals surface area contributed by atoms with Crippen LogP contribution in [0.5, 0.6) is 0 Å². The summed E-state index contributed by atoms with van der Waals surface area (Å²) in [4.78, 5) is 12.8. The van der Waals surface area contributed by atoms with Gasteiger partial charge in [-0.2, -0.15) is 0 Å². The minimum atomic E-state index is -1.88. The fraction of sp³-hybridized carbons (Fsp3) is 0.861. The van der Waals surface area contributed by atoms with Gasteiger partial charge < -0.3 is 17.7 Å². The van der Waals surface area contributed by atoms with E-state index in [0.717, 1.165) is 31.4 Å². The summed E-state index contributed by atoms with van der Waals surface area (Å²) in [5.41, 5.74) is 1.71. The zero-order valence-corrected chi connectivity index (χ0v) is 35.7. The topological polar surface area (TPSA) is 54.0 Å². The highest BCUT2D eigenvalue weighted by Gasteiger charge is 2.66. The van der Waals surface area contributed by atoms with Gasteiger partial charge in [0.15, 0.2) is 16.6 Å². The lowest BCUT2D eigenvalue weighted by atomic mass is 9.45. The van der Waals surface area contributed by atoms with E-state index >= 15 is 0 Å². The Kier molecular flexibility index (Phi) is 10.6. The molecule has 0 aromatic heterocycles. The fourth-order valence-electron chi connectivity index (χ4n) is 9.78. The Hall–Kier alpha value is -0.462. The van der Waals surface area contributed by atoms with E-state index < -0.39 is 33.3 Å². The number of carbonyl (C=O) groups excluding carboxylic acids is 1. The largest absolute Gasteiger partial charge is 0.545 e. The predicted octanol–water partition coefficient (Wildman–Crippen LogP) is 10.4. The van der Waals surface area contributed by atoms with Crippen LogP contribution in [0.3, 0.4) is 0 Å². The fourth-order valence-corrected chi connectivity index (χ4v) is 13.8. The molecule has 0 aromatic rings. The average molecular weight is 693 g/mol. The number of hydrogen-bond donors (Lipinski definition) is 0. The number of hydrogen-bond acceptors (Lipinski definition) is 5. The van der Waals surface area contributed by atoms with Crippen molar-refractivity contribution in [2.45, 2.75) is 156 Å². The second-order valence-corrected chi connectivity index (χ2v) is 37.3. The monoisotopic (exact) mass is 692 g/mol. The lowest BCUT2D eigenvalue weighted by Crippen LogP contribution is -2.62. The summed E-state index contributed by atoms with van der Waals surface area (Å²) in [6.07, 6.45) is 12.3. The molecular weight excluding hydrogens is 625 g/mol. The van der Waals surface area contributed by atoms with E-state index in [2.05, 4.69) is 111 Å². The van der Waals surface area contributed by atoms with Gasteiger partial charge in [-0.25, -0.2) is 0 Å². The first-order valence-electron chi connectivity index (χ1n) is 18.0. The molecule has 0 saturated heterocycles. The minimum Gasteiger partial charge on any atom is -0.545 e. The first-order chi connectivity index (χ1) is 20.3. The molecule has 45 heavy (non-hydrogen) atoms. The lowest BCUT2D eigenvalue weighted by molar-refractivity contribution is -0.157. The maximum absolute atomic E-state index is 12.8. The number of allylic oxidation sites excluding steroid dienone is 2. The van der Waals surface area contributed by atoms with Crippen molar-refractivity contribution in [3.8, 4) is 0 Å². The lowest BCUT2D eigenvalue weighted by Gasteiger charge is -2.63. The van der Waals surface area contributed by atoms with Crippen LogP contribution in [0.15, 0.2) is 23.5 Å². The van der Waals surface area contributed by atoms with Crippen molar-refractivity contribution in [3.63, 3.8) is 0 Å². The van der Waals surface area contributed by atoms with Crippen molar-refractivity contribution in [1.82, 2.24) is 0 Å². The van der Waals surface area contributed by atoms with Crippen molar-refractivity contribution < 1.29 is 22.5 Å².